The smallest absolute Gasteiger partial charge is 0.420 e. The van der Waals surface area contributed by atoms with E-state index < -0.39 is 30.2 Å². The first-order chi connectivity index (χ1) is 23.6. The van der Waals surface area contributed by atoms with Crippen LogP contribution in [0.1, 0.15) is 102 Å². The lowest BCUT2D eigenvalue weighted by Crippen LogP contribution is -2.33. The van der Waals surface area contributed by atoms with E-state index in [4.69, 9.17) is 14.3 Å². The Morgan fingerprint density at radius 2 is 1.18 bits per heavy atom. The van der Waals surface area contributed by atoms with Crippen LogP contribution in [0.25, 0.3) is 0 Å². The lowest BCUT2D eigenvalue weighted by atomic mass is 10.1. The Hall–Kier alpha value is -5.08. The third-order valence-electron chi connectivity index (χ3n) is 7.65. The first kappa shape index (κ1) is 38.4. The standard InChI is InChI=1S/C34H44N4O11/c39-26(15-7-2-10-22-35-27(40)16-8-4-12-24-37-28(41)18-19-29(37)42)36-23-11-3-9-17-32(45)47-33(25-13-5-1-6-14-25)48-34(46)49-38-30(43)20-21-31(38)44/h1,5-6,13-14,18-19,33H,2-4,7-12,15-17,20-24H2,(H,35,40)(H,36,39). The molecule has 0 radical (unpaired) electrons. The van der Waals surface area contributed by atoms with Crippen LogP contribution in [0.3, 0.4) is 0 Å². The maximum atomic E-state index is 12.5. The lowest BCUT2D eigenvalue weighted by Gasteiger charge is -2.19. The minimum Gasteiger partial charge on any atom is -0.420 e. The van der Waals surface area contributed by atoms with Gasteiger partial charge in [-0.15, -0.1) is 0 Å². The molecular formula is C34H44N4O11. The molecule has 1 saturated heterocycles. The van der Waals surface area contributed by atoms with Gasteiger partial charge in [0.15, 0.2) is 0 Å². The van der Waals surface area contributed by atoms with Gasteiger partial charge in [-0.1, -0.05) is 54.7 Å². The molecular weight excluding hydrogens is 640 g/mol. The molecule has 15 heteroatoms. The zero-order valence-electron chi connectivity index (χ0n) is 27.5. The largest absolute Gasteiger partial charge is 0.537 e. The van der Waals surface area contributed by atoms with Crippen molar-refractivity contribution >= 4 is 47.6 Å². The number of carbonyl (C=O) groups excluding carboxylic acids is 8. The predicted molar refractivity (Wildman–Crippen MR) is 171 cm³/mol. The van der Waals surface area contributed by atoms with Crippen LogP contribution in [0.5, 0.6) is 0 Å². The molecule has 1 aromatic rings. The van der Waals surface area contributed by atoms with E-state index in [1.54, 1.807) is 30.3 Å². The fourth-order valence-electron chi connectivity index (χ4n) is 4.96. The zero-order valence-corrected chi connectivity index (χ0v) is 27.5. The van der Waals surface area contributed by atoms with E-state index in [1.807, 2.05) is 0 Å². The summed E-state index contributed by atoms with van der Waals surface area (Å²) in [5.74, 6) is -2.65. The molecule has 0 saturated carbocycles. The molecule has 1 fully saturated rings. The van der Waals surface area contributed by atoms with Crippen LogP contribution in [-0.2, 0) is 47.9 Å². The van der Waals surface area contributed by atoms with Gasteiger partial charge >= 0.3 is 12.1 Å². The summed E-state index contributed by atoms with van der Waals surface area (Å²) in [5.41, 5.74) is 0.356. The van der Waals surface area contributed by atoms with Crippen molar-refractivity contribution in [3.63, 3.8) is 0 Å². The van der Waals surface area contributed by atoms with Crippen molar-refractivity contribution in [2.45, 2.75) is 96.2 Å². The average molecular weight is 685 g/mol. The number of rotatable bonds is 22. The molecule has 3 rings (SSSR count). The third kappa shape index (κ3) is 14.3. The number of imide groups is 2. The average Bonchev–Trinajstić information content (AvgIpc) is 3.58. The predicted octanol–water partition coefficient (Wildman–Crippen LogP) is 3.28. The summed E-state index contributed by atoms with van der Waals surface area (Å²) in [4.78, 5) is 101. The van der Waals surface area contributed by atoms with Crippen LogP contribution < -0.4 is 10.6 Å². The van der Waals surface area contributed by atoms with E-state index in [9.17, 15) is 38.4 Å². The van der Waals surface area contributed by atoms with Crippen LogP contribution in [0.15, 0.2) is 42.5 Å². The van der Waals surface area contributed by atoms with Gasteiger partial charge in [0.05, 0.1) is 0 Å². The minimum absolute atomic E-state index is 0.0380. The Bertz CT molecular complexity index is 1330. The highest BCUT2D eigenvalue weighted by Gasteiger charge is 2.34. The molecule has 2 aliphatic heterocycles. The van der Waals surface area contributed by atoms with Crippen LogP contribution in [-0.4, -0.2) is 77.2 Å². The van der Waals surface area contributed by atoms with Crippen LogP contribution >= 0.6 is 0 Å². The number of hydrogen-bond donors (Lipinski definition) is 2. The number of hydroxylamine groups is 2. The van der Waals surface area contributed by atoms with E-state index >= 15 is 0 Å². The molecule has 49 heavy (non-hydrogen) atoms. The fourth-order valence-corrected chi connectivity index (χ4v) is 4.96. The van der Waals surface area contributed by atoms with E-state index in [1.165, 1.54) is 17.1 Å². The molecule has 1 aromatic carbocycles. The Balaban J connectivity index is 1.17. The van der Waals surface area contributed by atoms with Crippen molar-refractivity contribution in [3.05, 3.63) is 48.0 Å². The van der Waals surface area contributed by atoms with Crippen LogP contribution in [0.4, 0.5) is 4.79 Å². The van der Waals surface area contributed by atoms with E-state index in [0.29, 0.717) is 81.6 Å². The fraction of sp³-hybridized carbons (Fsp3) is 0.529. The van der Waals surface area contributed by atoms with Gasteiger partial charge in [-0.3, -0.25) is 43.3 Å². The highest BCUT2D eigenvalue weighted by atomic mass is 16.9. The molecule has 0 aromatic heterocycles. The molecule has 2 aliphatic rings. The van der Waals surface area contributed by atoms with Crippen LogP contribution in [0, 0.1) is 0 Å². The monoisotopic (exact) mass is 684 g/mol. The van der Waals surface area contributed by atoms with E-state index in [-0.39, 0.29) is 42.9 Å². The van der Waals surface area contributed by atoms with Gasteiger partial charge in [0.25, 0.3) is 29.9 Å². The Labute approximate surface area is 284 Å². The Morgan fingerprint density at radius 1 is 0.653 bits per heavy atom. The summed E-state index contributed by atoms with van der Waals surface area (Å²) < 4.78 is 10.4. The SMILES string of the molecule is O=C(CCCCCNC(=O)CCCCCN1C(=O)C=CC1=O)NCCCCCC(=O)OC(OC(=O)ON1C(=O)CCC1=O)c1ccccc1. The second-order valence-corrected chi connectivity index (χ2v) is 11.6. The van der Waals surface area contributed by atoms with Gasteiger partial charge in [0.1, 0.15) is 0 Å². The number of esters is 1. The summed E-state index contributed by atoms with van der Waals surface area (Å²) in [6, 6.07) is 8.20. The van der Waals surface area contributed by atoms with Gasteiger partial charge in [0.2, 0.25) is 11.8 Å². The van der Waals surface area contributed by atoms with Crippen molar-refractivity contribution in [1.82, 2.24) is 20.6 Å². The highest BCUT2D eigenvalue weighted by Crippen LogP contribution is 2.22. The van der Waals surface area contributed by atoms with E-state index in [2.05, 4.69) is 10.6 Å². The van der Waals surface area contributed by atoms with Crippen molar-refractivity contribution in [3.8, 4) is 0 Å². The molecule has 0 bridgehead atoms. The summed E-state index contributed by atoms with van der Waals surface area (Å²) in [6.07, 6.45) is 6.47. The van der Waals surface area contributed by atoms with Gasteiger partial charge in [0, 0.05) is 69.5 Å². The number of carbonyl (C=O) groups is 8. The summed E-state index contributed by atoms with van der Waals surface area (Å²) in [6.45, 7) is 1.36. The molecule has 0 spiro atoms. The summed E-state index contributed by atoms with van der Waals surface area (Å²) in [5, 5.41) is 6.06. The molecule has 2 heterocycles. The molecule has 1 atom stereocenters. The van der Waals surface area contributed by atoms with Crippen molar-refractivity contribution in [2.75, 3.05) is 19.6 Å². The Kier molecular flexibility index (Phi) is 16.4. The molecule has 6 amide bonds. The lowest BCUT2D eigenvalue weighted by molar-refractivity contribution is -0.195. The maximum Gasteiger partial charge on any atom is 0.537 e. The quantitative estimate of drug-likeness (QED) is 0.0788. The zero-order chi connectivity index (χ0) is 35.4. The number of nitrogens with one attached hydrogen (secondary N) is 2. The number of hydrogen-bond acceptors (Lipinski definition) is 11. The third-order valence-corrected chi connectivity index (χ3v) is 7.65. The highest BCUT2D eigenvalue weighted by molar-refractivity contribution is 6.12. The molecule has 15 nitrogen and oxygen atoms in total. The minimum atomic E-state index is -1.44. The van der Waals surface area contributed by atoms with Gasteiger partial charge in [-0.05, 0) is 38.5 Å². The first-order valence-electron chi connectivity index (χ1n) is 16.7. The van der Waals surface area contributed by atoms with Crippen molar-refractivity contribution in [1.29, 1.82) is 0 Å². The normalized spacial score (nSPS) is 14.6. The van der Waals surface area contributed by atoms with E-state index in [0.717, 1.165) is 19.3 Å². The van der Waals surface area contributed by atoms with Gasteiger partial charge < -0.3 is 20.1 Å². The summed E-state index contributed by atoms with van der Waals surface area (Å²) in [7, 11) is 0. The first-order valence-corrected chi connectivity index (χ1v) is 16.7. The van der Waals surface area contributed by atoms with Gasteiger partial charge in [-0.2, -0.15) is 0 Å². The number of amides is 6. The second-order valence-electron chi connectivity index (χ2n) is 11.6. The van der Waals surface area contributed by atoms with Crippen molar-refractivity contribution < 1.29 is 52.7 Å². The maximum absolute atomic E-state index is 12.5. The molecule has 1 unspecified atom stereocenters. The number of nitrogens with zero attached hydrogens (tertiary/aromatic N) is 2. The molecule has 2 N–H and O–H groups in total. The number of ether oxygens (including phenoxy) is 2. The topological polar surface area (TPSA) is 195 Å². The van der Waals surface area contributed by atoms with Crippen molar-refractivity contribution in [2.24, 2.45) is 0 Å². The number of unbranched alkanes of at least 4 members (excludes halogenated alkanes) is 6. The molecule has 266 valence electrons. The summed E-state index contributed by atoms with van der Waals surface area (Å²) >= 11 is 0. The molecule has 0 aliphatic carbocycles. The van der Waals surface area contributed by atoms with Gasteiger partial charge in [-0.25, -0.2) is 4.79 Å². The second kappa shape index (κ2) is 21.0. The van der Waals surface area contributed by atoms with Crippen LogP contribution in [0.2, 0.25) is 0 Å². The Morgan fingerprint density at radius 3 is 1.76 bits per heavy atom. The number of benzene rings is 1.